The lowest BCUT2D eigenvalue weighted by molar-refractivity contribution is -0.150. The molecule has 0 spiro atoms. The first-order chi connectivity index (χ1) is 15.5. The Morgan fingerprint density at radius 3 is 2.25 bits per heavy atom. The summed E-state index contributed by atoms with van der Waals surface area (Å²) in [5.41, 5.74) is 0.686. The molecule has 0 bridgehead atoms. The molecule has 32 heavy (non-hydrogen) atoms. The molecule has 3 rings (SSSR count). The summed E-state index contributed by atoms with van der Waals surface area (Å²) < 4.78 is 15.1. The lowest BCUT2D eigenvalue weighted by Crippen LogP contribution is -2.38. The molecule has 9 heteroatoms. The van der Waals surface area contributed by atoms with Crippen molar-refractivity contribution < 1.29 is 33.1 Å². The van der Waals surface area contributed by atoms with Gasteiger partial charge in [0.25, 0.3) is 17.7 Å². The van der Waals surface area contributed by atoms with Crippen LogP contribution < -0.4 is 15.4 Å². The Morgan fingerprint density at radius 1 is 0.906 bits per heavy atom. The van der Waals surface area contributed by atoms with Crippen molar-refractivity contribution in [3.8, 4) is 5.75 Å². The average molecular weight is 436 g/mol. The Kier molecular flexibility index (Phi) is 7.37. The van der Waals surface area contributed by atoms with E-state index in [0.717, 1.165) is 0 Å². The fraction of sp³-hybridized carbons (Fsp3) is 0.130. The van der Waals surface area contributed by atoms with Gasteiger partial charge in [0.05, 0.1) is 13.4 Å². The van der Waals surface area contributed by atoms with Crippen LogP contribution in [-0.4, -0.2) is 37.4 Å². The van der Waals surface area contributed by atoms with Crippen molar-refractivity contribution in [3.05, 3.63) is 89.9 Å². The molecule has 0 saturated heterocycles. The third-order valence-corrected chi connectivity index (χ3v) is 4.34. The summed E-state index contributed by atoms with van der Waals surface area (Å²) in [4.78, 5) is 49.2. The summed E-state index contributed by atoms with van der Waals surface area (Å²) >= 11 is 0. The van der Waals surface area contributed by atoms with Crippen LogP contribution in [0.3, 0.4) is 0 Å². The number of hydrogen-bond acceptors (Lipinski definition) is 7. The molecule has 0 aliphatic heterocycles. The van der Waals surface area contributed by atoms with Gasteiger partial charge >= 0.3 is 5.97 Å². The van der Waals surface area contributed by atoms with Crippen molar-refractivity contribution in [3.63, 3.8) is 0 Å². The monoisotopic (exact) mass is 436 g/mol. The van der Waals surface area contributed by atoms with E-state index in [9.17, 15) is 19.2 Å². The standard InChI is InChI=1S/C23H20N2O7/c1-30-17-11-9-16(10-12-17)21(27)24-19(26)14-32-23(29)20(15-6-3-2-4-7-15)25-22(28)18-8-5-13-31-18/h2-13,20H,14H2,1H3,(H,25,28)(H,24,26,27). The minimum absolute atomic E-state index is 0.0153. The molecule has 1 aromatic heterocycles. The molecule has 1 heterocycles. The van der Waals surface area contributed by atoms with E-state index in [1.807, 2.05) is 0 Å². The number of nitrogens with one attached hydrogen (secondary N) is 2. The number of furan rings is 1. The van der Waals surface area contributed by atoms with Crippen LogP contribution in [0.2, 0.25) is 0 Å². The van der Waals surface area contributed by atoms with E-state index in [-0.39, 0.29) is 11.3 Å². The molecule has 164 valence electrons. The topological polar surface area (TPSA) is 124 Å². The largest absolute Gasteiger partial charge is 0.497 e. The van der Waals surface area contributed by atoms with Crippen molar-refractivity contribution in [2.75, 3.05) is 13.7 Å². The molecule has 2 aromatic carbocycles. The highest BCUT2D eigenvalue weighted by Crippen LogP contribution is 2.16. The van der Waals surface area contributed by atoms with Crippen molar-refractivity contribution in [2.24, 2.45) is 0 Å². The van der Waals surface area contributed by atoms with Gasteiger partial charge < -0.3 is 19.2 Å². The molecule has 1 atom stereocenters. The van der Waals surface area contributed by atoms with Crippen LogP contribution in [0, 0.1) is 0 Å². The normalized spacial score (nSPS) is 11.2. The van der Waals surface area contributed by atoms with Crippen molar-refractivity contribution in [1.29, 1.82) is 0 Å². The Hall–Kier alpha value is -4.40. The predicted molar refractivity (Wildman–Crippen MR) is 112 cm³/mol. The number of ether oxygens (including phenoxy) is 2. The number of hydrogen-bond donors (Lipinski definition) is 2. The molecular weight excluding hydrogens is 416 g/mol. The predicted octanol–water partition coefficient (Wildman–Crippen LogP) is 2.26. The number of esters is 1. The maximum atomic E-state index is 12.6. The van der Waals surface area contributed by atoms with Gasteiger partial charge in [-0.3, -0.25) is 19.7 Å². The van der Waals surface area contributed by atoms with E-state index in [4.69, 9.17) is 13.9 Å². The molecule has 0 saturated carbocycles. The Balaban J connectivity index is 1.60. The van der Waals surface area contributed by atoms with Crippen LogP contribution in [0.1, 0.15) is 32.5 Å². The van der Waals surface area contributed by atoms with Crippen LogP contribution in [-0.2, 0) is 14.3 Å². The number of carbonyl (C=O) groups excluding carboxylic acids is 4. The number of imide groups is 1. The van der Waals surface area contributed by atoms with E-state index in [0.29, 0.717) is 11.3 Å². The second kappa shape index (κ2) is 10.6. The number of benzene rings is 2. The highest BCUT2D eigenvalue weighted by Gasteiger charge is 2.26. The maximum absolute atomic E-state index is 12.6. The van der Waals surface area contributed by atoms with Gasteiger partial charge in [0.2, 0.25) is 0 Å². The quantitative estimate of drug-likeness (QED) is 0.519. The number of methoxy groups -OCH3 is 1. The van der Waals surface area contributed by atoms with Gasteiger partial charge in [0, 0.05) is 5.56 Å². The first-order valence-electron chi connectivity index (χ1n) is 9.52. The molecule has 9 nitrogen and oxygen atoms in total. The molecule has 0 aliphatic rings. The molecule has 1 unspecified atom stereocenters. The zero-order valence-electron chi connectivity index (χ0n) is 17.1. The summed E-state index contributed by atoms with van der Waals surface area (Å²) in [5, 5.41) is 4.65. The third-order valence-electron chi connectivity index (χ3n) is 4.34. The highest BCUT2D eigenvalue weighted by atomic mass is 16.5. The summed E-state index contributed by atoms with van der Waals surface area (Å²) in [6.45, 7) is -0.708. The van der Waals surface area contributed by atoms with Crippen molar-refractivity contribution in [1.82, 2.24) is 10.6 Å². The van der Waals surface area contributed by atoms with Gasteiger partial charge in [-0.25, -0.2) is 4.79 Å². The second-order valence-corrected chi connectivity index (χ2v) is 6.51. The van der Waals surface area contributed by atoms with Gasteiger partial charge in [0.1, 0.15) is 5.75 Å². The number of amides is 3. The molecule has 3 aromatic rings. The highest BCUT2D eigenvalue weighted by molar-refractivity contribution is 6.05. The lowest BCUT2D eigenvalue weighted by Gasteiger charge is -2.17. The van der Waals surface area contributed by atoms with E-state index >= 15 is 0 Å². The van der Waals surface area contributed by atoms with E-state index in [1.165, 1.54) is 37.6 Å². The minimum Gasteiger partial charge on any atom is -0.497 e. The molecule has 2 N–H and O–H groups in total. The van der Waals surface area contributed by atoms with Crippen LogP contribution in [0.5, 0.6) is 5.75 Å². The van der Waals surface area contributed by atoms with Gasteiger partial charge in [0.15, 0.2) is 18.4 Å². The fourth-order valence-corrected chi connectivity index (χ4v) is 2.73. The zero-order chi connectivity index (χ0) is 22.9. The SMILES string of the molecule is COc1ccc(C(=O)NC(=O)COC(=O)C(NC(=O)c2ccco2)c2ccccc2)cc1. The number of carbonyl (C=O) groups is 4. The van der Waals surface area contributed by atoms with Crippen LogP contribution in [0.15, 0.2) is 77.4 Å². The van der Waals surface area contributed by atoms with E-state index in [2.05, 4.69) is 10.6 Å². The van der Waals surface area contributed by atoms with Gasteiger partial charge in [-0.1, -0.05) is 30.3 Å². The summed E-state index contributed by atoms with van der Waals surface area (Å²) in [5.74, 6) is -2.39. The van der Waals surface area contributed by atoms with E-state index < -0.39 is 36.3 Å². The lowest BCUT2D eigenvalue weighted by atomic mass is 10.1. The molecular formula is C23H20N2O7. The van der Waals surface area contributed by atoms with Crippen molar-refractivity contribution >= 4 is 23.7 Å². The summed E-state index contributed by atoms with van der Waals surface area (Å²) in [6.07, 6.45) is 1.33. The molecule has 0 aliphatic carbocycles. The fourth-order valence-electron chi connectivity index (χ4n) is 2.73. The van der Waals surface area contributed by atoms with Crippen molar-refractivity contribution in [2.45, 2.75) is 6.04 Å². The first-order valence-corrected chi connectivity index (χ1v) is 9.52. The third kappa shape index (κ3) is 5.82. The van der Waals surface area contributed by atoms with E-state index in [1.54, 1.807) is 42.5 Å². The minimum atomic E-state index is -1.18. The van der Waals surface area contributed by atoms with Crippen LogP contribution in [0.4, 0.5) is 0 Å². The second-order valence-electron chi connectivity index (χ2n) is 6.51. The average Bonchev–Trinajstić information content (AvgIpc) is 3.36. The first kappa shape index (κ1) is 22.3. The molecule has 0 radical (unpaired) electrons. The Bertz CT molecular complexity index is 1080. The number of rotatable bonds is 8. The molecule has 0 fully saturated rings. The van der Waals surface area contributed by atoms with Gasteiger partial charge in [-0.2, -0.15) is 0 Å². The Labute approximate surface area is 183 Å². The van der Waals surface area contributed by atoms with Crippen LogP contribution >= 0.6 is 0 Å². The van der Waals surface area contributed by atoms with Gasteiger partial charge in [-0.15, -0.1) is 0 Å². The Morgan fingerprint density at radius 2 is 1.62 bits per heavy atom. The smallest absolute Gasteiger partial charge is 0.333 e. The zero-order valence-corrected chi connectivity index (χ0v) is 17.1. The molecule has 3 amide bonds. The summed E-state index contributed by atoms with van der Waals surface area (Å²) in [6, 6.07) is 16.3. The maximum Gasteiger partial charge on any atom is 0.333 e. The summed E-state index contributed by atoms with van der Waals surface area (Å²) in [7, 11) is 1.49. The van der Waals surface area contributed by atoms with Gasteiger partial charge in [-0.05, 0) is 42.0 Å². The van der Waals surface area contributed by atoms with Crippen LogP contribution in [0.25, 0.3) is 0 Å².